The van der Waals surface area contributed by atoms with Crippen molar-refractivity contribution in [3.8, 4) is 0 Å². The standard InChI is InChI=1S/C28H33N3.3ClH.V/c1-6-21-12-10-13-22(7-2)27(21)29-18-25-16-20(5)17-26(31-25)19-30-28-23(8-3)14-11-15-24(28)9-4;;;;/h10-19H,6-9H2,1-5H3;3*1H;/q;;;;+3/p-3. The summed E-state index contributed by atoms with van der Waals surface area (Å²) in [6.45, 7) is 10.8. The zero-order chi connectivity index (χ0) is 22.2. The summed E-state index contributed by atoms with van der Waals surface area (Å²) in [5, 5.41) is 0. The van der Waals surface area contributed by atoms with E-state index in [-0.39, 0.29) is 55.8 Å². The van der Waals surface area contributed by atoms with Crippen LogP contribution in [0.15, 0.2) is 58.5 Å². The van der Waals surface area contributed by atoms with Crippen LogP contribution in [0.2, 0.25) is 0 Å². The van der Waals surface area contributed by atoms with Crippen LogP contribution in [0.25, 0.3) is 0 Å². The summed E-state index contributed by atoms with van der Waals surface area (Å²) in [6, 6.07) is 17.0. The van der Waals surface area contributed by atoms with E-state index in [0.717, 1.165) is 54.0 Å². The van der Waals surface area contributed by atoms with E-state index >= 15 is 0 Å². The van der Waals surface area contributed by atoms with Crippen LogP contribution in [-0.2, 0) is 44.2 Å². The third kappa shape index (κ3) is 9.40. The van der Waals surface area contributed by atoms with Gasteiger partial charge in [-0.25, -0.2) is 4.98 Å². The van der Waals surface area contributed by atoms with Crippen molar-refractivity contribution in [3.63, 3.8) is 0 Å². The molecule has 0 atom stereocenters. The second-order valence-electron chi connectivity index (χ2n) is 7.77. The van der Waals surface area contributed by atoms with Crippen LogP contribution in [0, 0.1) is 6.92 Å². The van der Waals surface area contributed by atoms with Crippen LogP contribution in [0.3, 0.4) is 0 Å². The molecule has 7 heteroatoms. The monoisotopic (exact) mass is 567 g/mol. The van der Waals surface area contributed by atoms with Crippen molar-refractivity contribution >= 4 is 23.8 Å². The smallest absolute Gasteiger partial charge is 1.00 e. The van der Waals surface area contributed by atoms with E-state index in [1.165, 1.54) is 22.3 Å². The maximum absolute atomic E-state index is 4.84. The number of aromatic nitrogens is 1. The van der Waals surface area contributed by atoms with Gasteiger partial charge >= 0.3 is 18.6 Å². The Hall–Kier alpha value is -1.62. The molecule has 0 fully saturated rings. The van der Waals surface area contributed by atoms with Gasteiger partial charge in [0.15, 0.2) is 0 Å². The van der Waals surface area contributed by atoms with Gasteiger partial charge in [0.2, 0.25) is 0 Å². The topological polar surface area (TPSA) is 37.6 Å². The van der Waals surface area contributed by atoms with Gasteiger partial charge in [0.1, 0.15) is 0 Å². The van der Waals surface area contributed by atoms with Crippen LogP contribution in [0.1, 0.15) is 66.9 Å². The maximum atomic E-state index is 4.84. The molecular formula is C28H33Cl3N3V. The Bertz CT molecular complexity index is 986. The van der Waals surface area contributed by atoms with Gasteiger partial charge in [0, 0.05) is 0 Å². The molecule has 0 aliphatic rings. The Labute approximate surface area is 241 Å². The number of rotatable bonds is 8. The van der Waals surface area contributed by atoms with Crippen molar-refractivity contribution in [1.82, 2.24) is 4.98 Å². The minimum Gasteiger partial charge on any atom is -1.00 e. The van der Waals surface area contributed by atoms with E-state index in [4.69, 9.17) is 15.0 Å². The summed E-state index contributed by atoms with van der Waals surface area (Å²) in [7, 11) is 0. The van der Waals surface area contributed by atoms with Crippen LogP contribution in [0.4, 0.5) is 11.4 Å². The van der Waals surface area contributed by atoms with E-state index in [9.17, 15) is 0 Å². The molecule has 1 aromatic heterocycles. The normalized spacial score (nSPS) is 10.3. The third-order valence-electron chi connectivity index (χ3n) is 5.59. The van der Waals surface area contributed by atoms with Crippen molar-refractivity contribution in [2.75, 3.05) is 0 Å². The summed E-state index contributed by atoms with van der Waals surface area (Å²) in [4.78, 5) is 14.5. The Balaban J connectivity index is 0. The first-order valence-electron chi connectivity index (χ1n) is 11.4. The fourth-order valence-corrected chi connectivity index (χ4v) is 3.88. The molecule has 186 valence electrons. The van der Waals surface area contributed by atoms with Crippen molar-refractivity contribution in [2.45, 2.75) is 60.3 Å². The molecule has 0 bridgehead atoms. The molecule has 3 nitrogen and oxygen atoms in total. The van der Waals surface area contributed by atoms with Gasteiger partial charge in [0.25, 0.3) is 0 Å². The maximum Gasteiger partial charge on any atom is 3.00 e. The summed E-state index contributed by atoms with van der Waals surface area (Å²) < 4.78 is 0. The molecule has 1 heterocycles. The zero-order valence-corrected chi connectivity index (χ0v) is 24.7. The van der Waals surface area contributed by atoms with Crippen molar-refractivity contribution < 1.29 is 55.8 Å². The summed E-state index contributed by atoms with van der Waals surface area (Å²) >= 11 is 0. The predicted molar refractivity (Wildman–Crippen MR) is 134 cm³/mol. The molecule has 0 radical (unpaired) electrons. The van der Waals surface area contributed by atoms with Crippen LogP contribution in [-0.4, -0.2) is 17.4 Å². The Morgan fingerprint density at radius 3 is 1.23 bits per heavy atom. The first-order chi connectivity index (χ1) is 15.1. The molecule has 0 amide bonds. The van der Waals surface area contributed by atoms with Crippen molar-refractivity contribution in [2.24, 2.45) is 9.98 Å². The van der Waals surface area contributed by atoms with Crippen LogP contribution < -0.4 is 37.2 Å². The SMILES string of the molecule is CCc1cccc(CC)c1N=Cc1cc(C)cc(C=Nc2c(CC)cccc2CC)n1.[Cl-].[Cl-].[Cl-].[V+3]. The number of halogens is 3. The van der Waals surface area contributed by atoms with E-state index in [0.29, 0.717) is 0 Å². The summed E-state index contributed by atoms with van der Waals surface area (Å²) in [6.07, 6.45) is 7.64. The molecule has 0 aliphatic heterocycles. The summed E-state index contributed by atoms with van der Waals surface area (Å²) in [5.74, 6) is 0. The number of benzene rings is 2. The van der Waals surface area contributed by atoms with Gasteiger partial charge in [0.05, 0.1) is 35.2 Å². The number of para-hydroxylation sites is 2. The molecule has 3 aromatic rings. The Morgan fingerprint density at radius 2 is 0.943 bits per heavy atom. The minimum atomic E-state index is 0. The van der Waals surface area contributed by atoms with Crippen LogP contribution in [0.5, 0.6) is 0 Å². The fourth-order valence-electron chi connectivity index (χ4n) is 3.88. The number of aryl methyl sites for hydroxylation is 5. The van der Waals surface area contributed by atoms with Crippen molar-refractivity contribution in [3.05, 3.63) is 87.7 Å². The Morgan fingerprint density at radius 1 is 0.629 bits per heavy atom. The van der Waals surface area contributed by atoms with Gasteiger partial charge in [-0.15, -0.1) is 0 Å². The zero-order valence-electron chi connectivity index (χ0n) is 21.0. The number of aliphatic imine (C=N–C) groups is 2. The van der Waals surface area contributed by atoms with E-state index < -0.39 is 0 Å². The molecule has 3 rings (SSSR count). The molecule has 2 aromatic carbocycles. The molecule has 0 aliphatic carbocycles. The second kappa shape index (κ2) is 17.8. The molecule has 35 heavy (non-hydrogen) atoms. The number of hydrogen-bond donors (Lipinski definition) is 0. The van der Waals surface area contributed by atoms with Crippen LogP contribution >= 0.6 is 0 Å². The van der Waals surface area contributed by atoms with E-state index in [1.54, 1.807) is 0 Å². The van der Waals surface area contributed by atoms with Gasteiger partial charge in [-0.2, -0.15) is 0 Å². The fraction of sp³-hybridized carbons (Fsp3) is 0.321. The molecular weight excluding hydrogens is 536 g/mol. The number of hydrogen-bond acceptors (Lipinski definition) is 3. The second-order valence-corrected chi connectivity index (χ2v) is 7.77. The number of nitrogens with zero attached hydrogens (tertiary/aromatic N) is 3. The molecule has 0 spiro atoms. The minimum absolute atomic E-state index is 0. The Kier molecular flexibility index (Phi) is 18.0. The van der Waals surface area contributed by atoms with Gasteiger partial charge in [-0.05, 0) is 72.6 Å². The van der Waals surface area contributed by atoms with Crippen molar-refractivity contribution in [1.29, 1.82) is 0 Å². The number of pyridine rings is 1. The average molecular weight is 569 g/mol. The molecule has 0 unspecified atom stereocenters. The van der Waals surface area contributed by atoms with Gasteiger partial charge in [-0.1, -0.05) is 64.1 Å². The van der Waals surface area contributed by atoms with Gasteiger partial charge in [-0.3, -0.25) is 9.98 Å². The first-order valence-corrected chi connectivity index (χ1v) is 11.4. The molecule has 0 saturated heterocycles. The molecule has 0 N–H and O–H groups in total. The van der Waals surface area contributed by atoms with E-state index in [2.05, 4.69) is 83.1 Å². The largest absolute Gasteiger partial charge is 3.00 e. The van der Waals surface area contributed by atoms with Gasteiger partial charge < -0.3 is 37.2 Å². The molecule has 0 saturated carbocycles. The summed E-state index contributed by atoms with van der Waals surface area (Å²) in [5.41, 5.74) is 10.1. The quantitative estimate of drug-likeness (QED) is 0.294. The third-order valence-corrected chi connectivity index (χ3v) is 5.59. The predicted octanol–water partition coefficient (Wildman–Crippen LogP) is -1.85. The average Bonchev–Trinajstić information content (AvgIpc) is 2.80. The first kappa shape index (κ1) is 35.5. The van der Waals surface area contributed by atoms with E-state index in [1.807, 2.05) is 12.4 Å².